The molecular weight excluding hydrogens is 370 g/mol. The van der Waals surface area contributed by atoms with Gasteiger partial charge in [0.25, 0.3) is 0 Å². The Bertz CT molecular complexity index is 799. The lowest BCUT2D eigenvalue weighted by molar-refractivity contribution is -0.123. The second-order valence-corrected chi connectivity index (χ2v) is 7.49. The van der Waals surface area contributed by atoms with Crippen molar-refractivity contribution in [3.8, 4) is 11.5 Å². The van der Waals surface area contributed by atoms with E-state index in [1.807, 2.05) is 25.1 Å². The van der Waals surface area contributed by atoms with Gasteiger partial charge < -0.3 is 19.2 Å². The molecule has 0 unspecified atom stereocenters. The summed E-state index contributed by atoms with van der Waals surface area (Å²) in [6.07, 6.45) is 1.62. The van der Waals surface area contributed by atoms with Crippen molar-refractivity contribution in [1.82, 2.24) is 15.1 Å². The average molecular weight is 402 g/mol. The van der Waals surface area contributed by atoms with Gasteiger partial charge in [0.1, 0.15) is 5.76 Å². The smallest absolute Gasteiger partial charge is 0.234 e. The lowest BCUT2D eigenvalue weighted by atomic mass is 10.1. The van der Waals surface area contributed by atoms with E-state index in [0.29, 0.717) is 6.54 Å². The van der Waals surface area contributed by atoms with Crippen LogP contribution in [0.25, 0.3) is 0 Å². The molecule has 1 atom stereocenters. The Morgan fingerprint density at radius 2 is 1.79 bits per heavy atom. The van der Waals surface area contributed by atoms with E-state index in [0.717, 1.165) is 50.0 Å². The van der Waals surface area contributed by atoms with Crippen LogP contribution >= 0.6 is 0 Å². The molecule has 1 aliphatic rings. The summed E-state index contributed by atoms with van der Waals surface area (Å²) in [7, 11) is 3.31. The zero-order valence-electron chi connectivity index (χ0n) is 17.7. The lowest BCUT2D eigenvalue weighted by Crippen LogP contribution is -2.49. The van der Waals surface area contributed by atoms with Gasteiger partial charge in [-0.25, -0.2) is 0 Å². The van der Waals surface area contributed by atoms with Gasteiger partial charge >= 0.3 is 0 Å². The number of benzene rings is 1. The molecule has 7 nitrogen and oxygen atoms in total. The molecular formula is C22H31N3O4. The Morgan fingerprint density at radius 3 is 2.41 bits per heavy atom. The van der Waals surface area contributed by atoms with Gasteiger partial charge in [-0.15, -0.1) is 0 Å². The number of aryl methyl sites for hydroxylation is 1. The summed E-state index contributed by atoms with van der Waals surface area (Å²) in [6, 6.07) is 7.67. The highest BCUT2D eigenvalue weighted by Gasteiger charge is 2.21. The van der Waals surface area contributed by atoms with Gasteiger partial charge in [0.2, 0.25) is 5.91 Å². The highest BCUT2D eigenvalue weighted by molar-refractivity contribution is 5.78. The van der Waals surface area contributed by atoms with E-state index in [1.165, 1.54) is 11.1 Å². The third-order valence-electron chi connectivity index (χ3n) is 5.42. The minimum atomic E-state index is -0.119. The molecule has 1 fully saturated rings. The molecule has 1 aromatic heterocycles. The van der Waals surface area contributed by atoms with Crippen molar-refractivity contribution >= 4 is 5.91 Å². The Balaban J connectivity index is 1.47. The molecule has 29 heavy (non-hydrogen) atoms. The molecule has 7 heteroatoms. The number of carbonyl (C=O) groups excluding carboxylic acids is 1. The van der Waals surface area contributed by atoms with E-state index in [4.69, 9.17) is 13.9 Å². The third kappa shape index (κ3) is 5.52. The van der Waals surface area contributed by atoms with Crippen molar-refractivity contribution in [3.63, 3.8) is 0 Å². The maximum atomic E-state index is 12.3. The highest BCUT2D eigenvalue weighted by atomic mass is 16.5. The first kappa shape index (κ1) is 21.2. The highest BCUT2D eigenvalue weighted by Crippen LogP contribution is 2.31. The number of carbonyl (C=O) groups is 1. The van der Waals surface area contributed by atoms with Crippen molar-refractivity contribution < 1.29 is 18.7 Å². The van der Waals surface area contributed by atoms with Gasteiger partial charge in [-0.3, -0.25) is 14.6 Å². The van der Waals surface area contributed by atoms with Crippen molar-refractivity contribution in [3.05, 3.63) is 47.4 Å². The fraction of sp³-hybridized carbons (Fsp3) is 0.500. The first-order valence-electron chi connectivity index (χ1n) is 9.99. The Kier molecular flexibility index (Phi) is 7.17. The monoisotopic (exact) mass is 401 g/mol. The van der Waals surface area contributed by atoms with Crippen LogP contribution in [0, 0.1) is 6.92 Å². The molecule has 3 rings (SSSR count). The van der Waals surface area contributed by atoms with Gasteiger partial charge in [-0.05, 0) is 49.2 Å². The normalized spacial score (nSPS) is 16.4. The molecule has 1 saturated heterocycles. The van der Waals surface area contributed by atoms with Gasteiger partial charge in [-0.2, -0.15) is 0 Å². The van der Waals surface area contributed by atoms with Gasteiger partial charge in [0.05, 0.1) is 33.1 Å². The fourth-order valence-corrected chi connectivity index (χ4v) is 3.64. The Labute approximate surface area is 172 Å². The maximum Gasteiger partial charge on any atom is 0.234 e. The lowest BCUT2D eigenvalue weighted by Gasteiger charge is -2.34. The Hall–Kier alpha value is -2.51. The summed E-state index contributed by atoms with van der Waals surface area (Å²) >= 11 is 0. The first-order chi connectivity index (χ1) is 14.0. The van der Waals surface area contributed by atoms with Crippen molar-refractivity contribution in [1.29, 1.82) is 0 Å². The predicted octanol–water partition coefficient (Wildman–Crippen LogP) is 2.60. The maximum absolute atomic E-state index is 12.3. The van der Waals surface area contributed by atoms with Gasteiger partial charge in [-0.1, -0.05) is 0 Å². The summed E-state index contributed by atoms with van der Waals surface area (Å²) < 4.78 is 16.2. The standard InChI is InChI=1S/C22H31N3O4/c1-16-12-20(27-3)21(28-4)13-18(16)14-24-7-9-25(10-8-24)15-22(26)23-17(2)19-6-5-11-29-19/h5-6,11-13,17H,7-10,14-15H2,1-4H3,(H,23,26)/t17-/m1/s1. The zero-order chi connectivity index (χ0) is 20.8. The van der Waals surface area contributed by atoms with Crippen LogP contribution < -0.4 is 14.8 Å². The molecule has 158 valence electrons. The van der Waals surface area contributed by atoms with Crippen LogP contribution in [-0.2, 0) is 11.3 Å². The van der Waals surface area contributed by atoms with E-state index in [2.05, 4.69) is 28.1 Å². The largest absolute Gasteiger partial charge is 0.493 e. The molecule has 1 aromatic carbocycles. The number of amides is 1. The molecule has 1 aliphatic heterocycles. The van der Waals surface area contributed by atoms with Gasteiger partial charge in [0.15, 0.2) is 11.5 Å². The number of nitrogens with zero attached hydrogens (tertiary/aromatic N) is 2. The minimum Gasteiger partial charge on any atom is -0.493 e. The number of hydrogen-bond acceptors (Lipinski definition) is 6. The SMILES string of the molecule is COc1cc(C)c(CN2CCN(CC(=O)N[C@H](C)c3ccco3)CC2)cc1OC. The minimum absolute atomic E-state index is 0.0260. The quantitative estimate of drug-likeness (QED) is 0.733. The topological polar surface area (TPSA) is 67.2 Å². The molecule has 2 aromatic rings. The average Bonchev–Trinajstić information content (AvgIpc) is 3.25. The van der Waals surface area contributed by atoms with Gasteiger partial charge in [0, 0.05) is 32.7 Å². The molecule has 0 radical (unpaired) electrons. The molecule has 0 spiro atoms. The number of ether oxygens (including phenoxy) is 2. The number of nitrogens with one attached hydrogen (secondary N) is 1. The summed E-state index contributed by atoms with van der Waals surface area (Å²) in [5, 5.41) is 3.00. The van der Waals surface area contributed by atoms with E-state index >= 15 is 0 Å². The van der Waals surface area contributed by atoms with Crippen LogP contribution in [0.2, 0.25) is 0 Å². The number of piperazine rings is 1. The van der Waals surface area contributed by atoms with Crippen LogP contribution in [0.5, 0.6) is 11.5 Å². The molecule has 0 saturated carbocycles. The zero-order valence-corrected chi connectivity index (χ0v) is 17.7. The number of furan rings is 1. The molecule has 2 heterocycles. The molecule has 1 amide bonds. The van der Waals surface area contributed by atoms with Crippen LogP contribution in [0.15, 0.2) is 34.9 Å². The molecule has 0 bridgehead atoms. The van der Waals surface area contributed by atoms with Crippen LogP contribution in [0.3, 0.4) is 0 Å². The van der Waals surface area contributed by atoms with Crippen LogP contribution in [0.4, 0.5) is 0 Å². The van der Waals surface area contributed by atoms with Crippen molar-refractivity contribution in [2.75, 3.05) is 46.9 Å². The summed E-state index contributed by atoms with van der Waals surface area (Å²) in [4.78, 5) is 16.9. The van der Waals surface area contributed by atoms with Crippen LogP contribution in [0.1, 0.15) is 29.9 Å². The Morgan fingerprint density at radius 1 is 1.14 bits per heavy atom. The second kappa shape index (κ2) is 9.80. The van der Waals surface area contributed by atoms with E-state index in [1.54, 1.807) is 20.5 Å². The number of methoxy groups -OCH3 is 2. The fourth-order valence-electron chi connectivity index (χ4n) is 3.64. The third-order valence-corrected chi connectivity index (χ3v) is 5.42. The van der Waals surface area contributed by atoms with E-state index in [-0.39, 0.29) is 11.9 Å². The second-order valence-electron chi connectivity index (χ2n) is 7.49. The number of rotatable bonds is 8. The summed E-state index contributed by atoms with van der Waals surface area (Å²) in [5.41, 5.74) is 2.43. The number of hydrogen-bond donors (Lipinski definition) is 1. The molecule has 1 N–H and O–H groups in total. The van der Waals surface area contributed by atoms with Crippen molar-refractivity contribution in [2.24, 2.45) is 0 Å². The summed E-state index contributed by atoms with van der Waals surface area (Å²) in [6.45, 7) is 8.89. The van der Waals surface area contributed by atoms with E-state index in [9.17, 15) is 4.79 Å². The molecule has 0 aliphatic carbocycles. The van der Waals surface area contributed by atoms with Crippen LogP contribution in [-0.4, -0.2) is 62.7 Å². The predicted molar refractivity (Wildman–Crippen MR) is 111 cm³/mol. The van der Waals surface area contributed by atoms with E-state index < -0.39 is 0 Å². The summed E-state index contributed by atoms with van der Waals surface area (Å²) in [5.74, 6) is 2.31. The first-order valence-corrected chi connectivity index (χ1v) is 9.99. The van der Waals surface area contributed by atoms with Crippen molar-refractivity contribution in [2.45, 2.75) is 26.4 Å².